The smallest absolute Gasteiger partial charge is 0.323 e. The van der Waals surface area contributed by atoms with Gasteiger partial charge in [-0.15, -0.1) is 0 Å². The number of nitrogens with one attached hydrogen (secondary N) is 2. The number of hydrogen-bond acceptors (Lipinski definition) is 7. The lowest BCUT2D eigenvalue weighted by atomic mass is 9.99. The molecule has 11 nitrogen and oxygen atoms in total. The Bertz CT molecular complexity index is 1620. The van der Waals surface area contributed by atoms with Gasteiger partial charge in [0.1, 0.15) is 11.4 Å². The minimum absolute atomic E-state index is 0.0488. The van der Waals surface area contributed by atoms with Gasteiger partial charge in [0.15, 0.2) is 5.88 Å². The summed E-state index contributed by atoms with van der Waals surface area (Å²) in [6, 6.07) is 7.57. The van der Waals surface area contributed by atoms with Crippen molar-refractivity contribution in [1.82, 2.24) is 25.2 Å². The number of hydrogen-bond donors (Lipinski definition) is 4. The first-order chi connectivity index (χ1) is 16.8. The number of methoxy groups -OCH3 is 1. The average Bonchev–Trinajstić information content (AvgIpc) is 3.31. The molecule has 174 valence electrons. The summed E-state index contributed by atoms with van der Waals surface area (Å²) in [4.78, 5) is 44.9. The minimum atomic E-state index is -1.70. The first-order valence-corrected chi connectivity index (χ1v) is 10.4. The number of nitrogens with two attached hydrogens (primary N) is 1. The molecule has 1 saturated heterocycles. The molecule has 1 atom stereocenters. The second-order valence-corrected chi connectivity index (χ2v) is 7.92. The molecule has 5 N–H and O–H groups in total. The van der Waals surface area contributed by atoms with E-state index in [1.807, 2.05) is 0 Å². The Kier molecular flexibility index (Phi) is 4.99. The fourth-order valence-corrected chi connectivity index (χ4v) is 3.90. The average molecular weight is 470 g/mol. The maximum atomic E-state index is 12.9. The van der Waals surface area contributed by atoms with Gasteiger partial charge in [0.05, 0.1) is 24.7 Å². The van der Waals surface area contributed by atoms with Crippen LogP contribution in [0, 0.1) is 11.8 Å². The van der Waals surface area contributed by atoms with E-state index in [-0.39, 0.29) is 18.1 Å². The zero-order chi connectivity index (χ0) is 24.7. The fraction of sp³-hybridized carbons (Fsp3) is 0.125. The molecule has 1 aliphatic rings. The van der Waals surface area contributed by atoms with E-state index in [9.17, 15) is 19.5 Å². The van der Waals surface area contributed by atoms with Gasteiger partial charge >= 0.3 is 6.03 Å². The molecular weight excluding hydrogens is 452 g/mol. The number of amides is 4. The standard InChI is InChI=1S/C24H18N6O5/c1-35-16-4-2-15-11-30(21(32)17(15)8-16)12-24(22(33)28-23(34)29-24)7-6-14-10-26-9-13-3-5-18(20(25)31)27-19(13)14/h2-5,8-11,32H,12H2,1H3,(H2,25,31)(H2,28,29,33,34)/t24-/m1/s1. The van der Waals surface area contributed by atoms with Crippen molar-refractivity contribution in [2.45, 2.75) is 12.1 Å². The number of benzene rings is 1. The number of carbonyl (C=O) groups is 3. The van der Waals surface area contributed by atoms with E-state index in [1.165, 1.54) is 23.9 Å². The van der Waals surface area contributed by atoms with Crippen molar-refractivity contribution >= 4 is 39.5 Å². The largest absolute Gasteiger partial charge is 0.497 e. The summed E-state index contributed by atoms with van der Waals surface area (Å²) in [6.45, 7) is -0.182. The molecule has 4 amide bonds. The first kappa shape index (κ1) is 21.7. The number of aromatic nitrogens is 3. The highest BCUT2D eigenvalue weighted by Gasteiger charge is 2.46. The molecule has 4 aromatic rings. The van der Waals surface area contributed by atoms with Crippen molar-refractivity contribution in [3.63, 3.8) is 0 Å². The Morgan fingerprint density at radius 2 is 2.03 bits per heavy atom. The molecule has 1 aliphatic heterocycles. The maximum absolute atomic E-state index is 12.9. The zero-order valence-electron chi connectivity index (χ0n) is 18.3. The van der Waals surface area contributed by atoms with E-state index in [0.29, 0.717) is 33.0 Å². The molecule has 0 saturated carbocycles. The van der Waals surface area contributed by atoms with E-state index in [2.05, 4.69) is 32.4 Å². The number of imide groups is 1. The molecule has 1 fully saturated rings. The van der Waals surface area contributed by atoms with Gasteiger partial charge in [-0.1, -0.05) is 11.8 Å². The van der Waals surface area contributed by atoms with Gasteiger partial charge in [-0.05, 0) is 30.3 Å². The second-order valence-electron chi connectivity index (χ2n) is 7.92. The van der Waals surface area contributed by atoms with E-state index in [0.717, 1.165) is 0 Å². The second kappa shape index (κ2) is 8.03. The van der Waals surface area contributed by atoms with E-state index < -0.39 is 23.4 Å². The van der Waals surface area contributed by atoms with Gasteiger partial charge in [-0.25, -0.2) is 9.78 Å². The molecule has 4 heterocycles. The number of ether oxygens (including phenoxy) is 1. The van der Waals surface area contributed by atoms with Gasteiger partial charge in [0.2, 0.25) is 5.54 Å². The summed E-state index contributed by atoms with van der Waals surface area (Å²) in [7, 11) is 1.52. The Morgan fingerprint density at radius 1 is 1.23 bits per heavy atom. The lowest BCUT2D eigenvalue weighted by molar-refractivity contribution is -0.122. The van der Waals surface area contributed by atoms with Crippen LogP contribution in [0.4, 0.5) is 4.79 Å². The molecular formula is C24H18N6O5. The van der Waals surface area contributed by atoms with Crippen molar-refractivity contribution in [3.05, 3.63) is 60.2 Å². The Hall–Kier alpha value is -5.11. The van der Waals surface area contributed by atoms with Crippen LogP contribution in [0.2, 0.25) is 0 Å². The molecule has 3 aromatic heterocycles. The van der Waals surface area contributed by atoms with Crippen LogP contribution in [0.1, 0.15) is 16.1 Å². The van der Waals surface area contributed by atoms with Gasteiger partial charge in [-0.3, -0.25) is 19.9 Å². The van der Waals surface area contributed by atoms with Crippen molar-refractivity contribution < 1.29 is 24.2 Å². The number of fused-ring (bicyclic) bond motifs is 2. The number of carbonyl (C=O) groups excluding carboxylic acids is 3. The normalized spacial score (nSPS) is 17.1. The third-order valence-electron chi connectivity index (χ3n) is 5.68. The highest BCUT2D eigenvalue weighted by molar-refractivity contribution is 6.09. The Balaban J connectivity index is 1.61. The monoisotopic (exact) mass is 470 g/mol. The van der Waals surface area contributed by atoms with Crippen molar-refractivity contribution in [3.8, 4) is 23.5 Å². The van der Waals surface area contributed by atoms with E-state index in [1.54, 1.807) is 36.7 Å². The minimum Gasteiger partial charge on any atom is -0.497 e. The predicted octanol–water partition coefficient (Wildman–Crippen LogP) is 1.03. The lowest BCUT2D eigenvalue weighted by Gasteiger charge is -2.20. The summed E-state index contributed by atoms with van der Waals surface area (Å²) in [5.74, 6) is 4.75. The molecule has 0 radical (unpaired) electrons. The Morgan fingerprint density at radius 3 is 2.74 bits per heavy atom. The first-order valence-electron chi connectivity index (χ1n) is 10.4. The predicted molar refractivity (Wildman–Crippen MR) is 124 cm³/mol. The molecule has 0 aliphatic carbocycles. The summed E-state index contributed by atoms with van der Waals surface area (Å²) in [5, 5.41) is 17.4. The lowest BCUT2D eigenvalue weighted by Crippen LogP contribution is -2.49. The topological polar surface area (TPSA) is 161 Å². The van der Waals surface area contributed by atoms with Crippen LogP contribution in [0.3, 0.4) is 0 Å². The maximum Gasteiger partial charge on any atom is 0.323 e. The van der Waals surface area contributed by atoms with Crippen LogP contribution < -0.4 is 21.1 Å². The molecule has 1 aromatic carbocycles. The van der Waals surface area contributed by atoms with Crippen LogP contribution in [0.15, 0.2) is 48.9 Å². The van der Waals surface area contributed by atoms with Crippen LogP contribution in [-0.4, -0.2) is 50.1 Å². The SMILES string of the molecule is COc1ccc2cn(C[C@@]3(C#Cc4cncc5ccc(C(N)=O)nc45)NC(=O)NC3=O)c(O)c2c1. The molecule has 5 rings (SSSR count). The third-order valence-corrected chi connectivity index (χ3v) is 5.68. The van der Waals surface area contributed by atoms with E-state index in [4.69, 9.17) is 10.5 Å². The van der Waals surface area contributed by atoms with Gasteiger partial charge in [0, 0.05) is 34.7 Å². The van der Waals surface area contributed by atoms with Crippen LogP contribution in [0.5, 0.6) is 11.6 Å². The quantitative estimate of drug-likeness (QED) is 0.256. The summed E-state index contributed by atoms with van der Waals surface area (Å²) < 4.78 is 6.64. The van der Waals surface area contributed by atoms with Crippen LogP contribution in [0.25, 0.3) is 21.7 Å². The molecule has 0 bridgehead atoms. The van der Waals surface area contributed by atoms with Crippen molar-refractivity contribution in [2.24, 2.45) is 5.73 Å². The molecule has 0 spiro atoms. The highest BCUT2D eigenvalue weighted by Crippen LogP contribution is 2.32. The highest BCUT2D eigenvalue weighted by atomic mass is 16.5. The fourth-order valence-electron chi connectivity index (χ4n) is 3.90. The summed E-state index contributed by atoms with van der Waals surface area (Å²) in [6.07, 6.45) is 4.63. The van der Waals surface area contributed by atoms with Crippen LogP contribution >= 0.6 is 0 Å². The van der Waals surface area contributed by atoms with Crippen molar-refractivity contribution in [2.75, 3.05) is 7.11 Å². The number of rotatable bonds is 4. The molecule has 35 heavy (non-hydrogen) atoms. The Labute approximate surface area is 197 Å². The number of aromatic hydroxyl groups is 1. The third kappa shape index (κ3) is 3.72. The van der Waals surface area contributed by atoms with Crippen molar-refractivity contribution in [1.29, 1.82) is 0 Å². The number of primary amides is 1. The number of nitrogens with zero attached hydrogens (tertiary/aromatic N) is 3. The number of pyridine rings is 2. The molecule has 0 unspecified atom stereocenters. The van der Waals surface area contributed by atoms with E-state index >= 15 is 0 Å². The van der Waals surface area contributed by atoms with Gasteiger partial charge < -0.3 is 25.5 Å². The van der Waals surface area contributed by atoms with Gasteiger partial charge in [-0.2, -0.15) is 0 Å². The summed E-state index contributed by atoms with van der Waals surface area (Å²) in [5.41, 5.74) is 4.39. The molecule has 11 heteroatoms. The van der Waals surface area contributed by atoms with Gasteiger partial charge in [0.25, 0.3) is 11.8 Å². The van der Waals surface area contributed by atoms with Crippen LogP contribution in [-0.2, 0) is 11.3 Å². The zero-order valence-corrected chi connectivity index (χ0v) is 18.3. The number of urea groups is 1. The summed E-state index contributed by atoms with van der Waals surface area (Å²) >= 11 is 0.